The van der Waals surface area contributed by atoms with Crippen molar-refractivity contribution in [3.05, 3.63) is 70.5 Å². The number of hydrogen-bond donors (Lipinski definition) is 1. The van der Waals surface area contributed by atoms with Gasteiger partial charge in [0, 0.05) is 18.9 Å². The largest absolute Gasteiger partial charge is 0.416 e. The Balaban J connectivity index is 1.70. The van der Waals surface area contributed by atoms with Crippen LogP contribution in [0.3, 0.4) is 0 Å². The van der Waals surface area contributed by atoms with Gasteiger partial charge in [-0.1, -0.05) is 12.1 Å². The van der Waals surface area contributed by atoms with E-state index in [9.17, 15) is 40.6 Å². The number of hydrogen-bond acceptors (Lipinski definition) is 3. The number of aliphatic hydroxyl groups is 1. The van der Waals surface area contributed by atoms with Gasteiger partial charge in [-0.15, -0.1) is 0 Å². The number of amides is 1. The van der Waals surface area contributed by atoms with Crippen LogP contribution in [0.5, 0.6) is 0 Å². The molecule has 2 aromatic rings. The lowest BCUT2D eigenvalue weighted by Crippen LogP contribution is -2.49. The Bertz CT molecular complexity index is 1050. The molecule has 0 spiro atoms. The average molecular weight is 505 g/mol. The standard InChI is InChI=1S/C24H22F7NO3/c1-12(14-8-15(23(26,27)28)10-16(9-14)24(29,30)31)35-19-11-32-20(34)7-6-18(33)22(32)21(19)13-2-4-17(25)5-3-13/h2-5,8-10,12,18-19,21-22,33H,6-7,11H2,1H3/t12-,18?,19+,21-,22+/m1/s1. The maximum atomic E-state index is 13.5. The van der Waals surface area contributed by atoms with Crippen LogP contribution in [0.25, 0.3) is 0 Å². The Kier molecular flexibility index (Phi) is 6.60. The molecule has 11 heteroatoms. The van der Waals surface area contributed by atoms with Gasteiger partial charge in [0.1, 0.15) is 5.82 Å². The molecular weight excluding hydrogens is 483 g/mol. The van der Waals surface area contributed by atoms with E-state index in [0.29, 0.717) is 17.7 Å². The van der Waals surface area contributed by atoms with Crippen molar-refractivity contribution >= 4 is 5.91 Å². The van der Waals surface area contributed by atoms with Crippen molar-refractivity contribution < 1.29 is 45.4 Å². The summed E-state index contributed by atoms with van der Waals surface area (Å²) in [5.41, 5.74) is -2.71. The summed E-state index contributed by atoms with van der Waals surface area (Å²) in [6, 6.07) is 5.85. The Labute approximate surface area is 196 Å². The first kappa shape index (κ1) is 25.4. The molecule has 2 aliphatic heterocycles. The van der Waals surface area contributed by atoms with Gasteiger partial charge in [0.2, 0.25) is 5.91 Å². The maximum Gasteiger partial charge on any atom is 0.416 e. The van der Waals surface area contributed by atoms with Crippen LogP contribution >= 0.6 is 0 Å². The molecule has 4 rings (SSSR count). The smallest absolute Gasteiger partial charge is 0.391 e. The second kappa shape index (κ2) is 9.09. The van der Waals surface area contributed by atoms with Gasteiger partial charge in [0.15, 0.2) is 0 Å². The molecule has 190 valence electrons. The molecular formula is C24H22F7NO3. The van der Waals surface area contributed by atoms with Crippen LogP contribution in [0.1, 0.15) is 54.0 Å². The summed E-state index contributed by atoms with van der Waals surface area (Å²) in [7, 11) is 0. The zero-order chi connectivity index (χ0) is 25.7. The van der Waals surface area contributed by atoms with Gasteiger partial charge in [-0.05, 0) is 54.8 Å². The molecule has 5 atom stereocenters. The lowest BCUT2D eigenvalue weighted by molar-refractivity contribution is -0.143. The van der Waals surface area contributed by atoms with Crippen LogP contribution < -0.4 is 0 Å². The third-order valence-corrected chi connectivity index (χ3v) is 6.59. The van der Waals surface area contributed by atoms with Crippen molar-refractivity contribution in [3.8, 4) is 0 Å². The third kappa shape index (κ3) is 5.16. The first-order valence-corrected chi connectivity index (χ1v) is 10.9. The fraction of sp³-hybridized carbons (Fsp3) is 0.458. The molecule has 1 amide bonds. The molecule has 2 heterocycles. The van der Waals surface area contributed by atoms with E-state index in [1.54, 1.807) is 0 Å². The second-order valence-electron chi connectivity index (χ2n) is 8.88. The fourth-order valence-electron chi connectivity index (χ4n) is 4.92. The molecule has 0 aliphatic carbocycles. The highest BCUT2D eigenvalue weighted by molar-refractivity contribution is 5.78. The maximum absolute atomic E-state index is 13.5. The summed E-state index contributed by atoms with van der Waals surface area (Å²) in [5.74, 6) is -1.42. The minimum Gasteiger partial charge on any atom is -0.391 e. The first-order valence-electron chi connectivity index (χ1n) is 10.9. The van der Waals surface area contributed by atoms with E-state index >= 15 is 0 Å². The number of carbonyl (C=O) groups excluding carboxylic acids is 1. The fourth-order valence-corrected chi connectivity index (χ4v) is 4.92. The molecule has 2 aliphatic rings. The molecule has 1 N–H and O–H groups in total. The van der Waals surface area contributed by atoms with Gasteiger partial charge in [-0.2, -0.15) is 26.3 Å². The van der Waals surface area contributed by atoms with Gasteiger partial charge in [0.25, 0.3) is 0 Å². The predicted octanol–water partition coefficient (Wildman–Crippen LogP) is 5.46. The number of ether oxygens (including phenoxy) is 1. The number of piperidine rings is 1. The van der Waals surface area contributed by atoms with Gasteiger partial charge in [-0.3, -0.25) is 4.79 Å². The van der Waals surface area contributed by atoms with E-state index in [-0.39, 0.29) is 36.9 Å². The van der Waals surface area contributed by atoms with E-state index < -0.39 is 59.6 Å². The highest BCUT2D eigenvalue weighted by Crippen LogP contribution is 2.43. The predicted molar refractivity (Wildman–Crippen MR) is 110 cm³/mol. The summed E-state index contributed by atoms with van der Waals surface area (Å²) in [5, 5.41) is 10.6. The van der Waals surface area contributed by atoms with E-state index in [1.165, 1.54) is 36.1 Å². The molecule has 0 bridgehead atoms. The molecule has 35 heavy (non-hydrogen) atoms. The number of fused-ring (bicyclic) bond motifs is 1. The van der Waals surface area contributed by atoms with Crippen LogP contribution in [-0.2, 0) is 21.9 Å². The monoisotopic (exact) mass is 505 g/mol. The molecule has 0 aromatic heterocycles. The van der Waals surface area contributed by atoms with Crippen molar-refractivity contribution in [1.29, 1.82) is 0 Å². The third-order valence-electron chi connectivity index (χ3n) is 6.59. The highest BCUT2D eigenvalue weighted by atomic mass is 19.4. The Hall–Kier alpha value is -2.66. The van der Waals surface area contributed by atoms with Crippen LogP contribution in [0.15, 0.2) is 42.5 Å². The van der Waals surface area contributed by atoms with Crippen LogP contribution in [-0.4, -0.2) is 40.7 Å². The second-order valence-corrected chi connectivity index (χ2v) is 8.88. The molecule has 0 saturated carbocycles. The van der Waals surface area contributed by atoms with Gasteiger partial charge >= 0.3 is 12.4 Å². The number of carbonyl (C=O) groups is 1. The minimum atomic E-state index is -5.00. The van der Waals surface area contributed by atoms with Crippen molar-refractivity contribution in [2.24, 2.45) is 0 Å². The van der Waals surface area contributed by atoms with E-state index in [1.807, 2.05) is 0 Å². The van der Waals surface area contributed by atoms with Crippen LogP contribution in [0, 0.1) is 5.82 Å². The lowest BCUT2D eigenvalue weighted by atomic mass is 9.84. The molecule has 2 saturated heterocycles. The Morgan fingerprint density at radius 2 is 1.57 bits per heavy atom. The van der Waals surface area contributed by atoms with Crippen molar-refractivity contribution in [2.75, 3.05) is 6.54 Å². The number of benzene rings is 2. The van der Waals surface area contributed by atoms with Crippen molar-refractivity contribution in [3.63, 3.8) is 0 Å². The summed E-state index contributed by atoms with van der Waals surface area (Å²) >= 11 is 0. The number of halogens is 7. The quantitative estimate of drug-likeness (QED) is 0.562. The SMILES string of the molecule is C[C@@H](O[C@H]1CN2C(=O)CCC(O)[C@H]2[C@@H]1c1ccc(F)cc1)c1cc(C(F)(F)F)cc(C(F)(F)F)c1. The molecule has 0 radical (unpaired) electrons. The van der Waals surface area contributed by atoms with E-state index in [2.05, 4.69) is 0 Å². The summed E-state index contributed by atoms with van der Waals surface area (Å²) in [4.78, 5) is 13.9. The Morgan fingerprint density at radius 3 is 2.11 bits per heavy atom. The van der Waals surface area contributed by atoms with Gasteiger partial charge < -0.3 is 14.7 Å². The summed E-state index contributed by atoms with van der Waals surface area (Å²) in [6.45, 7) is 1.31. The molecule has 1 unspecified atom stereocenters. The highest BCUT2D eigenvalue weighted by Gasteiger charge is 2.51. The molecule has 4 nitrogen and oxygen atoms in total. The topological polar surface area (TPSA) is 49.8 Å². The van der Waals surface area contributed by atoms with Crippen LogP contribution in [0.4, 0.5) is 30.7 Å². The Morgan fingerprint density at radius 1 is 1.00 bits per heavy atom. The molecule has 2 aromatic carbocycles. The minimum absolute atomic E-state index is 0.0158. The molecule has 2 fully saturated rings. The first-order chi connectivity index (χ1) is 16.3. The zero-order valence-corrected chi connectivity index (χ0v) is 18.4. The number of alkyl halides is 6. The summed E-state index contributed by atoms with van der Waals surface area (Å²) in [6.07, 6.45) is -12.7. The average Bonchev–Trinajstić information content (AvgIpc) is 3.15. The number of rotatable bonds is 4. The van der Waals surface area contributed by atoms with E-state index in [4.69, 9.17) is 4.74 Å². The zero-order valence-electron chi connectivity index (χ0n) is 18.4. The van der Waals surface area contributed by atoms with Crippen LogP contribution in [0.2, 0.25) is 0 Å². The number of aliphatic hydroxyl groups excluding tert-OH is 1. The van der Waals surface area contributed by atoms with Crippen molar-refractivity contribution in [2.45, 2.75) is 62.4 Å². The van der Waals surface area contributed by atoms with E-state index in [0.717, 1.165) is 0 Å². The van der Waals surface area contributed by atoms with Gasteiger partial charge in [-0.25, -0.2) is 4.39 Å². The van der Waals surface area contributed by atoms with Gasteiger partial charge in [0.05, 0.1) is 35.5 Å². The summed E-state index contributed by atoms with van der Waals surface area (Å²) < 4.78 is 99.3. The number of nitrogens with zero attached hydrogens (tertiary/aromatic N) is 1. The lowest BCUT2D eigenvalue weighted by Gasteiger charge is -2.36. The van der Waals surface area contributed by atoms with Crippen molar-refractivity contribution in [1.82, 2.24) is 4.90 Å². The normalized spacial score (nSPS) is 26.1.